The van der Waals surface area contributed by atoms with E-state index in [1.807, 2.05) is 0 Å². The van der Waals surface area contributed by atoms with Crippen molar-refractivity contribution in [2.45, 2.75) is 19.8 Å². The minimum Gasteiger partial charge on any atom is -0.382 e. The first-order chi connectivity index (χ1) is 4.63. The predicted molar refractivity (Wildman–Crippen MR) is 48.3 cm³/mol. The molecule has 1 heterocycles. The summed E-state index contributed by atoms with van der Waals surface area (Å²) in [5.41, 5.74) is 5.53. The van der Waals surface area contributed by atoms with E-state index in [1.165, 1.54) is 16.4 Å². The molecule has 2 N–H and O–H groups in total. The molecule has 4 heteroatoms. The molecule has 0 spiro atoms. The smallest absolute Gasteiger partial charge is 0.151 e. The molecule has 10 heavy (non-hydrogen) atoms. The van der Waals surface area contributed by atoms with E-state index in [-0.39, 0.29) is 0 Å². The van der Waals surface area contributed by atoms with Crippen molar-refractivity contribution < 1.29 is 0 Å². The molecule has 0 aliphatic heterocycles. The minimum atomic E-state index is 0.504. The first-order valence-electron chi connectivity index (χ1n) is 3.03. The Balaban J connectivity index is 3.05. The van der Waals surface area contributed by atoms with Crippen molar-refractivity contribution in [1.29, 1.82) is 0 Å². The van der Waals surface area contributed by atoms with Gasteiger partial charge in [-0.3, -0.25) is 0 Å². The zero-order chi connectivity index (χ0) is 7.72. The topological polar surface area (TPSA) is 38.9 Å². The van der Waals surface area contributed by atoms with E-state index in [2.05, 4.69) is 34.2 Å². The van der Waals surface area contributed by atoms with E-state index in [1.54, 1.807) is 0 Å². The zero-order valence-electron chi connectivity index (χ0n) is 5.89. The average molecular weight is 221 g/mol. The van der Waals surface area contributed by atoms with Crippen molar-refractivity contribution in [2.75, 3.05) is 5.73 Å². The lowest BCUT2D eigenvalue weighted by Gasteiger charge is -1.98. The van der Waals surface area contributed by atoms with Crippen molar-refractivity contribution >= 4 is 33.3 Å². The number of hydrogen-bond donors (Lipinski definition) is 1. The average Bonchev–Trinajstić information content (AvgIpc) is 2.14. The first kappa shape index (κ1) is 8.01. The monoisotopic (exact) mass is 220 g/mol. The first-order valence-corrected chi connectivity index (χ1v) is 4.60. The highest BCUT2D eigenvalue weighted by atomic mass is 79.9. The molecule has 0 saturated heterocycles. The minimum absolute atomic E-state index is 0.504. The molecule has 0 atom stereocenters. The molecule has 0 radical (unpaired) electrons. The largest absolute Gasteiger partial charge is 0.382 e. The summed E-state index contributed by atoms with van der Waals surface area (Å²) < 4.78 is 4.98. The summed E-state index contributed by atoms with van der Waals surface area (Å²) in [5.74, 6) is 1.11. The SMILES string of the molecule is CC(C)c1snc(N)c1Br. The number of hydrogen-bond acceptors (Lipinski definition) is 3. The molecule has 0 amide bonds. The van der Waals surface area contributed by atoms with Crippen LogP contribution >= 0.6 is 27.5 Å². The molecule has 0 aromatic carbocycles. The number of nitrogen functional groups attached to an aromatic ring is 1. The van der Waals surface area contributed by atoms with Gasteiger partial charge in [-0.15, -0.1) is 0 Å². The maximum absolute atomic E-state index is 5.53. The van der Waals surface area contributed by atoms with Crippen LogP contribution in [0.2, 0.25) is 0 Å². The lowest BCUT2D eigenvalue weighted by Crippen LogP contribution is -1.86. The number of nitrogens with zero attached hydrogens (tertiary/aromatic N) is 1. The van der Waals surface area contributed by atoms with Crippen LogP contribution < -0.4 is 5.73 Å². The van der Waals surface area contributed by atoms with E-state index in [0.29, 0.717) is 11.7 Å². The molecule has 56 valence electrons. The molecular weight excluding hydrogens is 212 g/mol. The molecule has 0 aliphatic rings. The molecule has 1 rings (SSSR count). The van der Waals surface area contributed by atoms with Crippen LogP contribution in [-0.2, 0) is 0 Å². The van der Waals surface area contributed by atoms with Gasteiger partial charge in [-0.05, 0) is 33.4 Å². The number of aromatic nitrogens is 1. The molecule has 1 aromatic rings. The van der Waals surface area contributed by atoms with E-state index in [0.717, 1.165) is 4.47 Å². The predicted octanol–water partition coefficient (Wildman–Crippen LogP) is 2.61. The van der Waals surface area contributed by atoms with Gasteiger partial charge in [0.1, 0.15) is 0 Å². The van der Waals surface area contributed by atoms with Gasteiger partial charge in [0, 0.05) is 4.88 Å². The van der Waals surface area contributed by atoms with Gasteiger partial charge in [0.25, 0.3) is 0 Å². The van der Waals surface area contributed by atoms with Gasteiger partial charge < -0.3 is 5.73 Å². The van der Waals surface area contributed by atoms with Crippen LogP contribution in [0.4, 0.5) is 5.82 Å². The Bertz CT molecular complexity index is 232. The van der Waals surface area contributed by atoms with Gasteiger partial charge in [0.15, 0.2) is 5.82 Å². The highest BCUT2D eigenvalue weighted by Gasteiger charge is 2.10. The fraction of sp³-hybridized carbons (Fsp3) is 0.500. The maximum atomic E-state index is 5.53. The Kier molecular flexibility index (Phi) is 2.31. The summed E-state index contributed by atoms with van der Waals surface area (Å²) in [6, 6.07) is 0. The van der Waals surface area contributed by atoms with E-state index < -0.39 is 0 Å². The third kappa shape index (κ3) is 1.32. The summed E-state index contributed by atoms with van der Waals surface area (Å²) >= 11 is 4.84. The van der Waals surface area contributed by atoms with Crippen molar-refractivity contribution in [2.24, 2.45) is 0 Å². The molecule has 0 unspecified atom stereocenters. The highest BCUT2D eigenvalue weighted by Crippen LogP contribution is 2.32. The van der Waals surface area contributed by atoms with Gasteiger partial charge in [-0.2, -0.15) is 4.37 Å². The fourth-order valence-electron chi connectivity index (χ4n) is 0.664. The second-order valence-corrected chi connectivity index (χ2v) is 4.00. The van der Waals surface area contributed by atoms with Crippen LogP contribution in [0.25, 0.3) is 0 Å². The van der Waals surface area contributed by atoms with Crippen molar-refractivity contribution in [1.82, 2.24) is 4.37 Å². The Morgan fingerprint density at radius 3 is 2.40 bits per heavy atom. The van der Waals surface area contributed by atoms with E-state index in [9.17, 15) is 0 Å². The Labute approximate surface area is 72.7 Å². The van der Waals surface area contributed by atoms with Crippen LogP contribution in [-0.4, -0.2) is 4.37 Å². The van der Waals surface area contributed by atoms with Crippen LogP contribution in [0.5, 0.6) is 0 Å². The van der Waals surface area contributed by atoms with E-state index >= 15 is 0 Å². The summed E-state index contributed by atoms with van der Waals surface area (Å²) in [6.07, 6.45) is 0. The van der Waals surface area contributed by atoms with E-state index in [4.69, 9.17) is 5.73 Å². The Morgan fingerprint density at radius 2 is 2.20 bits per heavy atom. The van der Waals surface area contributed by atoms with Gasteiger partial charge in [-0.25, -0.2) is 0 Å². The summed E-state index contributed by atoms with van der Waals surface area (Å²) in [7, 11) is 0. The van der Waals surface area contributed by atoms with Gasteiger partial charge in [0.2, 0.25) is 0 Å². The number of nitrogens with two attached hydrogens (primary N) is 1. The quantitative estimate of drug-likeness (QED) is 0.791. The van der Waals surface area contributed by atoms with Crippen molar-refractivity contribution in [3.05, 3.63) is 9.35 Å². The number of rotatable bonds is 1. The molecule has 0 aliphatic carbocycles. The van der Waals surface area contributed by atoms with Gasteiger partial charge in [0.05, 0.1) is 4.47 Å². The third-order valence-electron chi connectivity index (χ3n) is 1.21. The van der Waals surface area contributed by atoms with Crippen LogP contribution in [0.3, 0.4) is 0 Å². The molecule has 1 aromatic heterocycles. The molecule has 0 fully saturated rings. The standard InChI is InChI=1S/C6H9BrN2S/c1-3(2)5-4(7)6(8)9-10-5/h3H,1-2H3,(H2,8,9). The summed E-state index contributed by atoms with van der Waals surface area (Å²) in [5, 5.41) is 0. The second-order valence-electron chi connectivity index (χ2n) is 2.40. The number of halogens is 1. The lowest BCUT2D eigenvalue weighted by molar-refractivity contribution is 0.885. The third-order valence-corrected chi connectivity index (χ3v) is 3.46. The zero-order valence-corrected chi connectivity index (χ0v) is 8.29. The second kappa shape index (κ2) is 2.88. The van der Waals surface area contributed by atoms with Crippen molar-refractivity contribution in [3.8, 4) is 0 Å². The molecule has 0 bridgehead atoms. The Morgan fingerprint density at radius 1 is 1.60 bits per heavy atom. The van der Waals surface area contributed by atoms with Crippen LogP contribution in [0.15, 0.2) is 4.47 Å². The normalized spacial score (nSPS) is 10.8. The van der Waals surface area contributed by atoms with Crippen LogP contribution in [0, 0.1) is 0 Å². The van der Waals surface area contributed by atoms with Crippen LogP contribution in [0.1, 0.15) is 24.6 Å². The molecular formula is C6H9BrN2S. The number of anilines is 1. The summed E-state index contributed by atoms with van der Waals surface area (Å²) in [6.45, 7) is 4.25. The van der Waals surface area contributed by atoms with Crippen molar-refractivity contribution in [3.63, 3.8) is 0 Å². The maximum Gasteiger partial charge on any atom is 0.151 e. The molecule has 0 saturated carbocycles. The summed E-state index contributed by atoms with van der Waals surface area (Å²) in [4.78, 5) is 1.22. The molecule has 2 nitrogen and oxygen atoms in total. The van der Waals surface area contributed by atoms with Gasteiger partial charge >= 0.3 is 0 Å². The Hall–Kier alpha value is -0.0900. The van der Waals surface area contributed by atoms with Gasteiger partial charge in [-0.1, -0.05) is 13.8 Å². The fourth-order valence-corrected chi connectivity index (χ4v) is 2.23. The highest BCUT2D eigenvalue weighted by molar-refractivity contribution is 9.10. The lowest BCUT2D eigenvalue weighted by atomic mass is 10.2.